The van der Waals surface area contributed by atoms with Gasteiger partial charge in [-0.05, 0) is 92.1 Å². The summed E-state index contributed by atoms with van der Waals surface area (Å²) in [5.41, 5.74) is 5.78. The molecule has 11 heteroatoms. The molecule has 214 valence electrons. The number of nitrogens with zero attached hydrogens (tertiary/aromatic N) is 1. The third kappa shape index (κ3) is 9.50. The number of hydrogen-bond acceptors (Lipinski definition) is 7. The van der Waals surface area contributed by atoms with Crippen molar-refractivity contribution in [2.45, 2.75) is 20.8 Å². The summed E-state index contributed by atoms with van der Waals surface area (Å²) in [5.74, 6) is -0.774. The van der Waals surface area contributed by atoms with E-state index >= 15 is 0 Å². The lowest BCUT2D eigenvalue weighted by Crippen LogP contribution is -2.32. The van der Waals surface area contributed by atoms with Crippen LogP contribution in [0.25, 0.3) is 0 Å². The van der Waals surface area contributed by atoms with Crippen LogP contribution in [0.3, 0.4) is 0 Å². The highest BCUT2D eigenvalue weighted by Gasteiger charge is 2.14. The number of amides is 3. The zero-order valence-corrected chi connectivity index (χ0v) is 24.5. The number of rotatable bonds is 12. The molecule has 0 atom stereocenters. The lowest BCUT2D eigenvalue weighted by atomic mass is 10.1. The number of benzene rings is 3. The SMILES string of the molecule is C=CCOc1ccc(NC(=O)C(=O)N/N=C\c2ccc(OCC(=O)Nc3c(C)cc(Br)cc3C)c(OCC)c2)cc1. The molecule has 3 amide bonds. The van der Waals surface area contributed by atoms with Gasteiger partial charge in [0.1, 0.15) is 12.4 Å². The first-order chi connectivity index (χ1) is 19.7. The summed E-state index contributed by atoms with van der Waals surface area (Å²) in [5, 5.41) is 9.21. The van der Waals surface area contributed by atoms with Gasteiger partial charge in [0.05, 0.1) is 12.8 Å². The zero-order chi connectivity index (χ0) is 29.8. The minimum atomic E-state index is -0.944. The second-order valence-corrected chi connectivity index (χ2v) is 9.58. The van der Waals surface area contributed by atoms with Gasteiger partial charge in [-0.1, -0.05) is 28.6 Å². The molecule has 0 radical (unpaired) electrons. The van der Waals surface area contributed by atoms with Gasteiger partial charge in [-0.3, -0.25) is 14.4 Å². The first-order valence-electron chi connectivity index (χ1n) is 12.6. The van der Waals surface area contributed by atoms with E-state index in [0.717, 1.165) is 21.3 Å². The van der Waals surface area contributed by atoms with Crippen molar-refractivity contribution in [2.75, 3.05) is 30.5 Å². The van der Waals surface area contributed by atoms with Crippen molar-refractivity contribution in [3.63, 3.8) is 0 Å². The Balaban J connectivity index is 1.55. The van der Waals surface area contributed by atoms with E-state index in [4.69, 9.17) is 14.2 Å². The average molecular weight is 624 g/mol. The Labute approximate surface area is 246 Å². The Morgan fingerprint density at radius 2 is 1.61 bits per heavy atom. The van der Waals surface area contributed by atoms with Crippen molar-refractivity contribution in [2.24, 2.45) is 5.10 Å². The number of ether oxygens (including phenoxy) is 3. The molecule has 0 heterocycles. The predicted octanol–water partition coefficient (Wildman–Crippen LogP) is 5.14. The van der Waals surface area contributed by atoms with E-state index in [0.29, 0.717) is 41.7 Å². The molecule has 10 nitrogen and oxygen atoms in total. The van der Waals surface area contributed by atoms with Gasteiger partial charge in [0.25, 0.3) is 5.91 Å². The first kappa shape index (κ1) is 30.9. The lowest BCUT2D eigenvalue weighted by molar-refractivity contribution is -0.136. The number of hydrazone groups is 1. The smallest absolute Gasteiger partial charge is 0.329 e. The Kier molecular flexibility index (Phi) is 11.5. The average Bonchev–Trinajstić information content (AvgIpc) is 2.94. The van der Waals surface area contributed by atoms with Crippen LogP contribution in [0.1, 0.15) is 23.6 Å². The van der Waals surface area contributed by atoms with Gasteiger partial charge in [-0.2, -0.15) is 5.10 Å². The zero-order valence-electron chi connectivity index (χ0n) is 23.0. The number of halogens is 1. The van der Waals surface area contributed by atoms with Gasteiger partial charge in [0.2, 0.25) is 0 Å². The van der Waals surface area contributed by atoms with Crippen LogP contribution in [0, 0.1) is 13.8 Å². The number of carbonyl (C=O) groups excluding carboxylic acids is 3. The normalized spacial score (nSPS) is 10.5. The minimum Gasteiger partial charge on any atom is -0.490 e. The van der Waals surface area contributed by atoms with E-state index < -0.39 is 11.8 Å². The van der Waals surface area contributed by atoms with Gasteiger partial charge in [-0.25, -0.2) is 5.43 Å². The molecular weight excluding hydrogens is 592 g/mol. The van der Waals surface area contributed by atoms with E-state index in [2.05, 4.69) is 43.7 Å². The highest BCUT2D eigenvalue weighted by molar-refractivity contribution is 9.10. The van der Waals surface area contributed by atoms with Gasteiger partial charge in [0.15, 0.2) is 18.1 Å². The predicted molar refractivity (Wildman–Crippen MR) is 162 cm³/mol. The van der Waals surface area contributed by atoms with Crippen LogP contribution in [0.2, 0.25) is 0 Å². The molecule has 0 unspecified atom stereocenters. The third-order valence-corrected chi connectivity index (χ3v) is 5.91. The molecule has 0 saturated carbocycles. The highest BCUT2D eigenvalue weighted by Crippen LogP contribution is 2.29. The van der Waals surface area contributed by atoms with Gasteiger partial charge >= 0.3 is 11.8 Å². The van der Waals surface area contributed by atoms with E-state index in [-0.39, 0.29) is 12.5 Å². The number of anilines is 2. The quantitative estimate of drug-likeness (QED) is 0.111. The molecule has 0 aliphatic heterocycles. The van der Waals surface area contributed by atoms with E-state index in [1.54, 1.807) is 48.5 Å². The lowest BCUT2D eigenvalue weighted by Gasteiger charge is -2.14. The van der Waals surface area contributed by atoms with E-state index in [9.17, 15) is 14.4 Å². The van der Waals surface area contributed by atoms with Crippen LogP contribution in [0.15, 0.2) is 76.8 Å². The Morgan fingerprint density at radius 3 is 2.27 bits per heavy atom. The van der Waals surface area contributed by atoms with Crippen molar-refractivity contribution >= 4 is 51.2 Å². The summed E-state index contributed by atoms with van der Waals surface area (Å²) in [7, 11) is 0. The largest absolute Gasteiger partial charge is 0.490 e. The maximum atomic E-state index is 12.5. The second-order valence-electron chi connectivity index (χ2n) is 8.67. The molecule has 41 heavy (non-hydrogen) atoms. The van der Waals surface area contributed by atoms with Crippen LogP contribution in [-0.2, 0) is 14.4 Å². The van der Waals surface area contributed by atoms with Crippen molar-refractivity contribution in [3.05, 3.63) is 88.4 Å². The second kappa shape index (κ2) is 15.2. The molecule has 0 bridgehead atoms. The maximum Gasteiger partial charge on any atom is 0.329 e. The Bertz CT molecular complexity index is 1420. The fourth-order valence-electron chi connectivity index (χ4n) is 3.61. The summed E-state index contributed by atoms with van der Waals surface area (Å²) in [4.78, 5) is 36.9. The van der Waals surface area contributed by atoms with Gasteiger partial charge < -0.3 is 24.8 Å². The number of carbonyl (C=O) groups is 3. The fourth-order valence-corrected chi connectivity index (χ4v) is 4.30. The number of aryl methyl sites for hydroxylation is 2. The topological polar surface area (TPSA) is 127 Å². The first-order valence-corrected chi connectivity index (χ1v) is 13.4. The molecule has 3 aromatic rings. The van der Waals surface area contributed by atoms with E-state index in [1.165, 1.54) is 6.21 Å². The standard InChI is InChI=1S/C30H31BrN4O6/c1-5-13-40-24-10-8-23(9-11-24)33-29(37)30(38)35-32-17-21-7-12-25(26(16-21)39-6-2)41-18-27(36)34-28-19(3)14-22(31)15-20(28)4/h5,7-12,14-17H,1,6,13,18H2,2-4H3,(H,33,37)(H,34,36)(H,35,38)/b32-17-. The monoisotopic (exact) mass is 622 g/mol. The summed E-state index contributed by atoms with van der Waals surface area (Å²) in [6.45, 7) is 9.72. The number of hydrogen-bond donors (Lipinski definition) is 3. The number of nitrogens with one attached hydrogen (secondary N) is 3. The summed E-state index contributed by atoms with van der Waals surface area (Å²) >= 11 is 3.45. The fraction of sp³-hybridized carbons (Fsp3) is 0.200. The molecule has 3 rings (SSSR count). The van der Waals surface area contributed by atoms with Crippen LogP contribution < -0.4 is 30.3 Å². The molecular formula is C30H31BrN4O6. The van der Waals surface area contributed by atoms with Crippen molar-refractivity contribution in [3.8, 4) is 17.2 Å². The minimum absolute atomic E-state index is 0.224. The third-order valence-electron chi connectivity index (χ3n) is 5.45. The van der Waals surface area contributed by atoms with Crippen LogP contribution in [-0.4, -0.2) is 43.8 Å². The highest BCUT2D eigenvalue weighted by atomic mass is 79.9. The van der Waals surface area contributed by atoms with Crippen LogP contribution in [0.5, 0.6) is 17.2 Å². The van der Waals surface area contributed by atoms with Crippen molar-refractivity contribution in [1.82, 2.24) is 5.43 Å². The molecule has 0 aliphatic rings. The molecule has 0 fully saturated rings. The maximum absolute atomic E-state index is 12.5. The molecule has 3 aromatic carbocycles. The molecule has 0 aromatic heterocycles. The Hall–Kier alpha value is -4.64. The van der Waals surface area contributed by atoms with Gasteiger partial charge in [-0.15, -0.1) is 0 Å². The molecule has 0 aliphatic carbocycles. The summed E-state index contributed by atoms with van der Waals surface area (Å²) in [6.07, 6.45) is 2.98. The molecule has 0 spiro atoms. The van der Waals surface area contributed by atoms with Crippen LogP contribution in [0.4, 0.5) is 11.4 Å². The Morgan fingerprint density at radius 1 is 0.902 bits per heavy atom. The summed E-state index contributed by atoms with van der Waals surface area (Å²) in [6, 6.07) is 15.3. The van der Waals surface area contributed by atoms with Crippen molar-refractivity contribution < 1.29 is 28.6 Å². The summed E-state index contributed by atoms with van der Waals surface area (Å²) < 4.78 is 17.7. The van der Waals surface area contributed by atoms with Crippen molar-refractivity contribution in [1.29, 1.82) is 0 Å². The molecule has 0 saturated heterocycles. The molecule has 3 N–H and O–H groups in total. The van der Waals surface area contributed by atoms with E-state index in [1.807, 2.05) is 32.9 Å². The van der Waals surface area contributed by atoms with Crippen LogP contribution >= 0.6 is 15.9 Å². The van der Waals surface area contributed by atoms with Gasteiger partial charge in [0, 0.05) is 15.8 Å².